The van der Waals surface area contributed by atoms with Crippen LogP contribution in [0.25, 0.3) is 11.6 Å². The summed E-state index contributed by atoms with van der Waals surface area (Å²) >= 11 is 7.89. The zero-order valence-electron chi connectivity index (χ0n) is 20.7. The molecule has 0 aliphatic carbocycles. The number of carbonyl (C=O) groups excluding carboxylic acids is 2. The van der Waals surface area contributed by atoms with E-state index in [0.29, 0.717) is 39.1 Å². The fraction of sp³-hybridized carbons (Fsp3) is 0.259. The molecule has 0 aliphatic heterocycles. The van der Waals surface area contributed by atoms with Crippen LogP contribution >= 0.6 is 23.4 Å². The van der Waals surface area contributed by atoms with E-state index in [1.54, 1.807) is 31.4 Å². The van der Waals surface area contributed by atoms with Gasteiger partial charge < -0.3 is 10.2 Å². The number of nitrogens with one attached hydrogen (secondary N) is 1. The number of benzene rings is 2. The van der Waals surface area contributed by atoms with Gasteiger partial charge in [-0.2, -0.15) is 0 Å². The van der Waals surface area contributed by atoms with Gasteiger partial charge in [0.25, 0.3) is 5.91 Å². The number of hydrogen-bond donors (Lipinski definition) is 1. The van der Waals surface area contributed by atoms with Crippen molar-refractivity contribution >= 4 is 58.8 Å². The Kier molecular flexibility index (Phi) is 8.35. The van der Waals surface area contributed by atoms with Gasteiger partial charge in [0.2, 0.25) is 6.41 Å². The van der Waals surface area contributed by atoms with Crippen molar-refractivity contribution in [3.8, 4) is 0 Å². The lowest BCUT2D eigenvalue weighted by Gasteiger charge is -2.20. The standard InChI is InChI=1S/C27H29ClN4O2S/c1-17(12-19-15-29-26(35-6)31-24(19)32(5)16-33)22-13-18(10-11-23(22)28)25(34)30-21-9-7-8-20(14-21)27(2,3)4/h7-16H,1-6H3,(H,30,34)/b17-12+. The lowest BCUT2D eigenvalue weighted by molar-refractivity contribution is -0.107. The molecular weight excluding hydrogens is 480 g/mol. The molecule has 0 aliphatic rings. The highest BCUT2D eigenvalue weighted by molar-refractivity contribution is 7.98. The Morgan fingerprint density at radius 1 is 1.17 bits per heavy atom. The molecule has 3 rings (SSSR count). The van der Waals surface area contributed by atoms with Crippen molar-refractivity contribution in [1.29, 1.82) is 0 Å². The Balaban J connectivity index is 1.93. The third kappa shape index (κ3) is 6.50. The molecule has 1 heterocycles. The number of hydrogen-bond acceptors (Lipinski definition) is 5. The molecule has 3 aromatic rings. The van der Waals surface area contributed by atoms with Gasteiger partial charge in [0.05, 0.1) is 0 Å². The van der Waals surface area contributed by atoms with E-state index in [1.807, 2.05) is 37.5 Å². The number of amides is 2. The topological polar surface area (TPSA) is 75.2 Å². The summed E-state index contributed by atoms with van der Waals surface area (Å²) in [6.45, 7) is 8.29. The Morgan fingerprint density at radius 2 is 1.91 bits per heavy atom. The van der Waals surface area contributed by atoms with Crippen molar-refractivity contribution in [1.82, 2.24) is 9.97 Å². The number of anilines is 2. The molecule has 2 aromatic carbocycles. The van der Waals surface area contributed by atoms with Crippen molar-refractivity contribution in [2.45, 2.75) is 38.3 Å². The first-order chi connectivity index (χ1) is 16.5. The van der Waals surface area contributed by atoms with E-state index in [0.717, 1.165) is 16.8 Å². The van der Waals surface area contributed by atoms with Crippen LogP contribution in [0.2, 0.25) is 5.02 Å². The predicted molar refractivity (Wildman–Crippen MR) is 146 cm³/mol. The Hall–Kier alpha value is -3.16. The van der Waals surface area contributed by atoms with Gasteiger partial charge in [-0.3, -0.25) is 9.59 Å². The molecule has 8 heteroatoms. The molecule has 0 saturated carbocycles. The molecule has 0 saturated heterocycles. The summed E-state index contributed by atoms with van der Waals surface area (Å²) in [5, 5.41) is 4.06. The van der Waals surface area contributed by atoms with Crippen LogP contribution in [0.1, 0.15) is 54.7 Å². The summed E-state index contributed by atoms with van der Waals surface area (Å²) in [4.78, 5) is 34.6. The van der Waals surface area contributed by atoms with E-state index in [2.05, 4.69) is 42.1 Å². The largest absolute Gasteiger partial charge is 0.322 e. The average molecular weight is 509 g/mol. The third-order valence-electron chi connectivity index (χ3n) is 5.46. The van der Waals surface area contributed by atoms with Crippen molar-refractivity contribution in [3.05, 3.63) is 75.9 Å². The van der Waals surface area contributed by atoms with Gasteiger partial charge >= 0.3 is 0 Å². The highest BCUT2D eigenvalue weighted by atomic mass is 35.5. The van der Waals surface area contributed by atoms with Gasteiger partial charge in [-0.15, -0.1) is 0 Å². The number of halogens is 1. The van der Waals surface area contributed by atoms with Crippen molar-refractivity contribution < 1.29 is 9.59 Å². The van der Waals surface area contributed by atoms with E-state index >= 15 is 0 Å². The number of thioether (sulfide) groups is 1. The molecule has 0 bridgehead atoms. The first kappa shape index (κ1) is 26.4. The summed E-state index contributed by atoms with van der Waals surface area (Å²) in [6, 6.07) is 13.0. The fourth-order valence-electron chi connectivity index (χ4n) is 3.45. The molecule has 0 fully saturated rings. The van der Waals surface area contributed by atoms with Gasteiger partial charge in [0, 0.05) is 35.1 Å². The third-order valence-corrected chi connectivity index (χ3v) is 6.35. The summed E-state index contributed by atoms with van der Waals surface area (Å²) < 4.78 is 0. The van der Waals surface area contributed by atoms with Crippen LogP contribution in [-0.2, 0) is 10.2 Å². The van der Waals surface area contributed by atoms with E-state index in [9.17, 15) is 9.59 Å². The van der Waals surface area contributed by atoms with Gasteiger partial charge in [-0.1, -0.05) is 56.3 Å². The van der Waals surface area contributed by atoms with E-state index < -0.39 is 0 Å². The van der Waals surface area contributed by atoms with Gasteiger partial charge in [-0.25, -0.2) is 9.97 Å². The molecule has 0 radical (unpaired) electrons. The highest BCUT2D eigenvalue weighted by Crippen LogP contribution is 2.30. The molecule has 182 valence electrons. The smallest absolute Gasteiger partial charge is 0.255 e. The maximum absolute atomic E-state index is 13.0. The maximum atomic E-state index is 13.0. The van der Waals surface area contributed by atoms with Crippen LogP contribution < -0.4 is 10.2 Å². The van der Waals surface area contributed by atoms with Crippen LogP contribution in [0.15, 0.2) is 53.8 Å². The first-order valence-corrected chi connectivity index (χ1v) is 12.6. The fourth-order valence-corrected chi connectivity index (χ4v) is 4.05. The quantitative estimate of drug-likeness (QED) is 0.222. The van der Waals surface area contributed by atoms with Gasteiger partial charge in [0.1, 0.15) is 5.82 Å². The molecule has 0 atom stereocenters. The van der Waals surface area contributed by atoms with E-state index in [1.165, 1.54) is 16.7 Å². The van der Waals surface area contributed by atoms with Crippen molar-refractivity contribution in [2.75, 3.05) is 23.5 Å². The Bertz CT molecular complexity index is 1280. The summed E-state index contributed by atoms with van der Waals surface area (Å²) in [7, 11) is 1.64. The molecule has 6 nitrogen and oxygen atoms in total. The monoisotopic (exact) mass is 508 g/mol. The molecule has 35 heavy (non-hydrogen) atoms. The Labute approximate surface area is 215 Å². The number of rotatable bonds is 7. The molecule has 0 spiro atoms. The summed E-state index contributed by atoms with van der Waals surface area (Å²) in [6.07, 6.45) is 6.10. The minimum Gasteiger partial charge on any atom is -0.322 e. The van der Waals surface area contributed by atoms with Crippen LogP contribution in [-0.4, -0.2) is 35.6 Å². The molecule has 1 N–H and O–H groups in total. The SMILES string of the molecule is CSc1ncc(/C=C(\C)c2cc(C(=O)Nc3cccc(C(C)(C)C)c3)ccc2Cl)c(N(C)C=O)n1. The minimum absolute atomic E-state index is 0.0232. The number of aromatic nitrogens is 2. The van der Waals surface area contributed by atoms with Crippen LogP contribution in [0.5, 0.6) is 0 Å². The lowest BCUT2D eigenvalue weighted by atomic mass is 9.87. The van der Waals surface area contributed by atoms with E-state index in [4.69, 9.17) is 11.6 Å². The second-order valence-corrected chi connectivity index (χ2v) is 10.3. The van der Waals surface area contributed by atoms with Gasteiger partial charge in [-0.05, 0) is 71.7 Å². The number of carbonyl (C=O) groups is 2. The number of allylic oxidation sites excluding steroid dienone is 1. The molecule has 0 unspecified atom stereocenters. The van der Waals surface area contributed by atoms with Crippen LogP contribution in [0, 0.1) is 0 Å². The molecule has 1 aromatic heterocycles. The normalized spacial score (nSPS) is 11.8. The zero-order valence-corrected chi connectivity index (χ0v) is 22.3. The summed E-state index contributed by atoms with van der Waals surface area (Å²) in [5.41, 5.74) is 4.51. The lowest BCUT2D eigenvalue weighted by Crippen LogP contribution is -2.17. The Morgan fingerprint density at radius 3 is 2.57 bits per heavy atom. The summed E-state index contributed by atoms with van der Waals surface area (Å²) in [5.74, 6) is 0.262. The maximum Gasteiger partial charge on any atom is 0.255 e. The van der Waals surface area contributed by atoms with Crippen LogP contribution in [0.4, 0.5) is 11.5 Å². The highest BCUT2D eigenvalue weighted by Gasteiger charge is 2.16. The number of nitrogens with zero attached hydrogens (tertiary/aromatic N) is 3. The second-order valence-electron chi connectivity index (χ2n) is 9.16. The average Bonchev–Trinajstić information content (AvgIpc) is 2.83. The zero-order chi connectivity index (χ0) is 25.8. The first-order valence-electron chi connectivity index (χ1n) is 11.0. The second kappa shape index (κ2) is 11.1. The van der Waals surface area contributed by atoms with Crippen molar-refractivity contribution in [3.63, 3.8) is 0 Å². The van der Waals surface area contributed by atoms with Crippen molar-refractivity contribution in [2.24, 2.45) is 0 Å². The van der Waals surface area contributed by atoms with Crippen LogP contribution in [0.3, 0.4) is 0 Å². The minimum atomic E-state index is -0.226. The molecular formula is C27H29ClN4O2S. The predicted octanol–water partition coefficient (Wildman–Crippen LogP) is 6.55. The van der Waals surface area contributed by atoms with Gasteiger partial charge in [0.15, 0.2) is 5.16 Å². The molecule has 2 amide bonds. The van der Waals surface area contributed by atoms with E-state index in [-0.39, 0.29) is 11.3 Å².